The summed E-state index contributed by atoms with van der Waals surface area (Å²) in [7, 11) is 3.39. The van der Waals surface area contributed by atoms with E-state index < -0.39 is 6.10 Å². The van der Waals surface area contributed by atoms with Crippen molar-refractivity contribution in [3.8, 4) is 5.75 Å². The Labute approximate surface area is 107 Å². The van der Waals surface area contributed by atoms with Crippen molar-refractivity contribution < 1.29 is 14.3 Å². The first-order chi connectivity index (χ1) is 8.50. The summed E-state index contributed by atoms with van der Waals surface area (Å²) in [6.07, 6.45) is 0.695. The third-order valence-electron chi connectivity index (χ3n) is 3.13. The van der Waals surface area contributed by atoms with Gasteiger partial charge in [-0.3, -0.25) is 9.59 Å². The predicted octanol–water partition coefficient (Wildman–Crippen LogP) is 1.67. The van der Waals surface area contributed by atoms with Crippen LogP contribution in [0.15, 0.2) is 18.2 Å². The molecule has 1 aromatic rings. The lowest BCUT2D eigenvalue weighted by Crippen LogP contribution is -2.35. The first kappa shape index (κ1) is 12.6. The Kier molecular flexibility index (Phi) is 3.36. The number of hydrogen-bond donors (Lipinski definition) is 0. The van der Waals surface area contributed by atoms with Crippen LogP contribution in [0.5, 0.6) is 5.75 Å². The number of carbonyl (C=O) groups excluding carboxylic acids is 2. The monoisotopic (exact) mass is 247 g/mol. The van der Waals surface area contributed by atoms with E-state index >= 15 is 0 Å². The molecule has 0 saturated heterocycles. The van der Waals surface area contributed by atoms with Crippen molar-refractivity contribution in [1.82, 2.24) is 4.90 Å². The molecule has 1 aliphatic carbocycles. The molecule has 96 valence electrons. The number of nitrogens with zero attached hydrogens (tertiary/aromatic N) is 1. The van der Waals surface area contributed by atoms with Crippen LogP contribution in [-0.4, -0.2) is 36.8 Å². The summed E-state index contributed by atoms with van der Waals surface area (Å²) in [6.45, 7) is 1.72. The molecule has 1 amide bonds. The molecule has 0 aromatic heterocycles. The summed E-state index contributed by atoms with van der Waals surface area (Å²) in [4.78, 5) is 24.9. The van der Waals surface area contributed by atoms with Gasteiger partial charge in [-0.25, -0.2) is 0 Å². The Bertz CT molecular complexity index is 494. The molecule has 0 saturated carbocycles. The Morgan fingerprint density at radius 1 is 1.33 bits per heavy atom. The molecule has 4 nitrogen and oxygen atoms in total. The van der Waals surface area contributed by atoms with Crippen molar-refractivity contribution in [1.29, 1.82) is 0 Å². The van der Waals surface area contributed by atoms with Crippen LogP contribution in [0.4, 0.5) is 0 Å². The number of ketones is 1. The summed E-state index contributed by atoms with van der Waals surface area (Å²) in [5.74, 6) is 0.722. The van der Waals surface area contributed by atoms with Gasteiger partial charge in [0.15, 0.2) is 11.9 Å². The van der Waals surface area contributed by atoms with Crippen LogP contribution in [0.3, 0.4) is 0 Å². The minimum absolute atomic E-state index is 0.0862. The van der Waals surface area contributed by atoms with Gasteiger partial charge in [0.05, 0.1) is 0 Å². The van der Waals surface area contributed by atoms with E-state index in [1.807, 2.05) is 12.1 Å². The molecule has 4 heteroatoms. The fraction of sp³-hybridized carbons (Fsp3) is 0.429. The molecule has 0 N–H and O–H groups in total. The number of hydrogen-bond acceptors (Lipinski definition) is 3. The number of benzene rings is 1. The highest BCUT2D eigenvalue weighted by Crippen LogP contribution is 2.31. The summed E-state index contributed by atoms with van der Waals surface area (Å²) in [6, 6.07) is 5.43. The second-order valence-electron chi connectivity index (χ2n) is 4.70. The first-order valence-corrected chi connectivity index (χ1v) is 6.03. The average Bonchev–Trinajstić information content (AvgIpc) is 2.71. The van der Waals surface area contributed by atoms with E-state index in [9.17, 15) is 9.59 Å². The molecule has 0 fully saturated rings. The van der Waals surface area contributed by atoms with Gasteiger partial charge in [-0.05, 0) is 19.4 Å². The minimum Gasteiger partial charge on any atom is -0.481 e. The van der Waals surface area contributed by atoms with Crippen molar-refractivity contribution in [2.75, 3.05) is 14.1 Å². The lowest BCUT2D eigenvalue weighted by molar-refractivity contribution is -0.135. The molecular weight excluding hydrogens is 230 g/mol. The van der Waals surface area contributed by atoms with Crippen molar-refractivity contribution in [3.05, 3.63) is 29.3 Å². The zero-order valence-corrected chi connectivity index (χ0v) is 10.9. The molecule has 1 atom stereocenters. The van der Waals surface area contributed by atoms with Crippen molar-refractivity contribution >= 4 is 11.7 Å². The SMILES string of the molecule is CC(Oc1cccc2c1CCC2=O)C(=O)N(C)C. The number of likely N-dealkylation sites (N-methyl/N-ethyl adjacent to an activating group) is 1. The summed E-state index contributed by atoms with van der Waals surface area (Å²) >= 11 is 0. The van der Waals surface area contributed by atoms with Gasteiger partial charge in [-0.15, -0.1) is 0 Å². The molecule has 1 aromatic carbocycles. The molecule has 1 unspecified atom stereocenters. The Balaban J connectivity index is 2.21. The molecule has 0 aliphatic heterocycles. The van der Waals surface area contributed by atoms with Crippen LogP contribution in [-0.2, 0) is 11.2 Å². The van der Waals surface area contributed by atoms with Gasteiger partial charge in [0, 0.05) is 31.6 Å². The van der Waals surface area contributed by atoms with E-state index in [0.29, 0.717) is 18.6 Å². The molecule has 18 heavy (non-hydrogen) atoms. The van der Waals surface area contributed by atoms with E-state index in [1.54, 1.807) is 27.1 Å². The van der Waals surface area contributed by atoms with Gasteiger partial charge in [-0.2, -0.15) is 0 Å². The predicted molar refractivity (Wildman–Crippen MR) is 67.9 cm³/mol. The van der Waals surface area contributed by atoms with Crippen LogP contribution in [0.25, 0.3) is 0 Å². The number of carbonyl (C=O) groups is 2. The van der Waals surface area contributed by atoms with Gasteiger partial charge < -0.3 is 9.64 Å². The number of Topliss-reactive ketones (excluding diaryl/α,β-unsaturated/α-hetero) is 1. The molecule has 1 aliphatic rings. The van der Waals surface area contributed by atoms with Crippen LogP contribution < -0.4 is 4.74 Å². The highest BCUT2D eigenvalue weighted by Gasteiger charge is 2.25. The van der Waals surface area contributed by atoms with Crippen molar-refractivity contribution in [2.24, 2.45) is 0 Å². The maximum Gasteiger partial charge on any atom is 0.262 e. The normalized spacial score (nSPS) is 15.2. The van der Waals surface area contributed by atoms with Gasteiger partial charge in [0.1, 0.15) is 5.75 Å². The fourth-order valence-electron chi connectivity index (χ4n) is 2.17. The minimum atomic E-state index is -0.540. The molecule has 0 bridgehead atoms. The number of rotatable bonds is 3. The van der Waals surface area contributed by atoms with Crippen LogP contribution >= 0.6 is 0 Å². The van der Waals surface area contributed by atoms with E-state index in [1.165, 1.54) is 4.90 Å². The average molecular weight is 247 g/mol. The zero-order chi connectivity index (χ0) is 13.3. The molecular formula is C14H17NO3. The van der Waals surface area contributed by atoms with Crippen LogP contribution in [0.1, 0.15) is 29.3 Å². The molecule has 0 radical (unpaired) electrons. The molecule has 0 heterocycles. The molecule has 0 spiro atoms. The Hall–Kier alpha value is -1.84. The summed E-state index contributed by atoms with van der Waals surface area (Å²) in [5.41, 5.74) is 1.66. The highest BCUT2D eigenvalue weighted by molar-refractivity contribution is 6.01. The maximum atomic E-state index is 11.7. The lowest BCUT2D eigenvalue weighted by atomic mass is 10.1. The van der Waals surface area contributed by atoms with Gasteiger partial charge in [0.2, 0.25) is 0 Å². The van der Waals surface area contributed by atoms with Gasteiger partial charge in [-0.1, -0.05) is 12.1 Å². The number of ether oxygens (including phenoxy) is 1. The van der Waals surface area contributed by atoms with Gasteiger partial charge >= 0.3 is 0 Å². The largest absolute Gasteiger partial charge is 0.481 e. The highest BCUT2D eigenvalue weighted by atomic mass is 16.5. The van der Waals surface area contributed by atoms with E-state index in [4.69, 9.17) is 4.74 Å². The van der Waals surface area contributed by atoms with Crippen LogP contribution in [0.2, 0.25) is 0 Å². The first-order valence-electron chi connectivity index (χ1n) is 6.03. The topological polar surface area (TPSA) is 46.6 Å². The van der Waals surface area contributed by atoms with Crippen molar-refractivity contribution in [3.63, 3.8) is 0 Å². The summed E-state index contributed by atoms with van der Waals surface area (Å²) in [5, 5.41) is 0. The molecule has 2 rings (SSSR count). The number of fused-ring (bicyclic) bond motifs is 1. The smallest absolute Gasteiger partial charge is 0.262 e. The third-order valence-corrected chi connectivity index (χ3v) is 3.13. The summed E-state index contributed by atoms with van der Waals surface area (Å²) < 4.78 is 5.69. The van der Waals surface area contributed by atoms with E-state index in [0.717, 1.165) is 11.1 Å². The lowest BCUT2D eigenvalue weighted by Gasteiger charge is -2.19. The Morgan fingerprint density at radius 2 is 2.06 bits per heavy atom. The second kappa shape index (κ2) is 4.80. The fourth-order valence-corrected chi connectivity index (χ4v) is 2.17. The second-order valence-corrected chi connectivity index (χ2v) is 4.70. The van der Waals surface area contributed by atoms with E-state index in [2.05, 4.69) is 0 Å². The van der Waals surface area contributed by atoms with E-state index in [-0.39, 0.29) is 11.7 Å². The van der Waals surface area contributed by atoms with Crippen molar-refractivity contribution in [2.45, 2.75) is 25.9 Å². The Morgan fingerprint density at radius 3 is 2.72 bits per heavy atom. The standard InChI is InChI=1S/C14H17NO3/c1-9(14(17)15(2)3)18-13-6-4-5-10-11(13)7-8-12(10)16/h4-6,9H,7-8H2,1-3H3. The zero-order valence-electron chi connectivity index (χ0n) is 10.9. The van der Waals surface area contributed by atoms with Crippen LogP contribution in [0, 0.1) is 0 Å². The quantitative estimate of drug-likeness (QED) is 0.816. The maximum absolute atomic E-state index is 11.7. The van der Waals surface area contributed by atoms with Gasteiger partial charge in [0.25, 0.3) is 5.91 Å². The third kappa shape index (κ3) is 2.23. The number of amides is 1.